The van der Waals surface area contributed by atoms with E-state index in [4.69, 9.17) is 14.2 Å². The van der Waals surface area contributed by atoms with E-state index in [1.165, 1.54) is 12.5 Å². The highest BCUT2D eigenvalue weighted by Crippen LogP contribution is 2.20. The molecule has 0 aliphatic rings. The van der Waals surface area contributed by atoms with E-state index < -0.39 is 0 Å². The van der Waals surface area contributed by atoms with Crippen molar-refractivity contribution in [2.24, 2.45) is 0 Å². The molecule has 0 aliphatic carbocycles. The molecule has 0 aliphatic heterocycles. The number of hydrogen-bond donors (Lipinski definition) is 0. The highest BCUT2D eigenvalue weighted by Gasteiger charge is 2.09. The number of esters is 1. The van der Waals surface area contributed by atoms with Crippen LogP contribution in [0.1, 0.15) is 35.5 Å². The summed E-state index contributed by atoms with van der Waals surface area (Å²) >= 11 is 0. The maximum absolute atomic E-state index is 10.5. The summed E-state index contributed by atoms with van der Waals surface area (Å²) in [5.74, 6) is -0.238. The van der Waals surface area contributed by atoms with Gasteiger partial charge in [0.2, 0.25) is 0 Å². The van der Waals surface area contributed by atoms with Gasteiger partial charge in [-0.05, 0) is 30.5 Å². The van der Waals surface area contributed by atoms with E-state index in [1.807, 2.05) is 62.4 Å². The number of benzene rings is 2. The van der Waals surface area contributed by atoms with Gasteiger partial charge in [-0.1, -0.05) is 48.5 Å². The van der Waals surface area contributed by atoms with Crippen molar-refractivity contribution in [3.63, 3.8) is 0 Å². The van der Waals surface area contributed by atoms with Gasteiger partial charge in [0, 0.05) is 26.7 Å². The molecule has 0 radical (unpaired) electrons. The van der Waals surface area contributed by atoms with Gasteiger partial charge in [0.05, 0.1) is 0 Å². The quantitative estimate of drug-likeness (QED) is 0.604. The van der Waals surface area contributed by atoms with E-state index in [0.717, 1.165) is 16.7 Å². The predicted octanol–water partition coefficient (Wildman–Crippen LogP) is 4.34. The molecule has 24 heavy (non-hydrogen) atoms. The molecule has 4 nitrogen and oxygen atoms in total. The maximum Gasteiger partial charge on any atom is 0.302 e. The Morgan fingerprint density at radius 3 is 1.96 bits per heavy atom. The van der Waals surface area contributed by atoms with E-state index in [9.17, 15) is 4.79 Å². The van der Waals surface area contributed by atoms with Gasteiger partial charge in [-0.3, -0.25) is 4.79 Å². The largest absolute Gasteiger partial charge is 0.461 e. The van der Waals surface area contributed by atoms with Crippen LogP contribution in [0, 0.1) is 13.8 Å². The van der Waals surface area contributed by atoms with E-state index in [0.29, 0.717) is 6.61 Å². The van der Waals surface area contributed by atoms with E-state index >= 15 is 0 Å². The molecule has 0 spiro atoms. The molecule has 4 heteroatoms. The van der Waals surface area contributed by atoms with Crippen molar-refractivity contribution in [1.29, 1.82) is 0 Å². The molecule has 0 heterocycles. The fourth-order valence-electron chi connectivity index (χ4n) is 2.15. The molecule has 2 aromatic rings. The second kappa shape index (κ2) is 10.6. The molecule has 0 fully saturated rings. The van der Waals surface area contributed by atoms with Crippen LogP contribution in [-0.4, -0.2) is 20.2 Å². The smallest absolute Gasteiger partial charge is 0.302 e. The minimum atomic E-state index is -0.244. The minimum absolute atomic E-state index is 0.238. The van der Waals surface area contributed by atoms with Crippen molar-refractivity contribution < 1.29 is 19.0 Å². The fraction of sp³-hybridized carbons (Fsp3) is 0.350. The second-order valence-electron chi connectivity index (χ2n) is 5.37. The van der Waals surface area contributed by atoms with Crippen LogP contribution in [0.25, 0.3) is 0 Å². The van der Waals surface area contributed by atoms with Crippen molar-refractivity contribution in [2.75, 3.05) is 14.2 Å². The fourth-order valence-corrected chi connectivity index (χ4v) is 2.15. The molecule has 130 valence electrons. The molecule has 2 aromatic carbocycles. The number of carbonyl (C=O) groups is 1. The molecular weight excluding hydrogens is 304 g/mol. The topological polar surface area (TPSA) is 44.8 Å². The first-order valence-corrected chi connectivity index (χ1v) is 7.78. The summed E-state index contributed by atoms with van der Waals surface area (Å²) in [5, 5.41) is 0. The Morgan fingerprint density at radius 2 is 1.46 bits per heavy atom. The zero-order chi connectivity index (χ0) is 17.9. The van der Waals surface area contributed by atoms with Crippen LogP contribution in [0.4, 0.5) is 0 Å². The summed E-state index contributed by atoms with van der Waals surface area (Å²) < 4.78 is 15.2. The molecule has 0 saturated carbocycles. The average molecular weight is 330 g/mol. The SMILES string of the molecule is CC(=O)OCc1ccccc1C.COC(OC)c1ccccc1C. The van der Waals surface area contributed by atoms with Gasteiger partial charge < -0.3 is 14.2 Å². The number of methoxy groups -OCH3 is 2. The van der Waals surface area contributed by atoms with Gasteiger partial charge >= 0.3 is 5.97 Å². The summed E-state index contributed by atoms with van der Waals surface area (Å²) in [7, 11) is 3.28. The molecular formula is C20H26O4. The lowest BCUT2D eigenvalue weighted by Gasteiger charge is -2.15. The molecule has 0 aromatic heterocycles. The van der Waals surface area contributed by atoms with Gasteiger partial charge in [0.15, 0.2) is 6.29 Å². The number of aryl methyl sites for hydroxylation is 2. The van der Waals surface area contributed by atoms with E-state index in [1.54, 1.807) is 14.2 Å². The van der Waals surface area contributed by atoms with Crippen LogP contribution in [0.15, 0.2) is 48.5 Å². The third-order valence-electron chi connectivity index (χ3n) is 3.56. The van der Waals surface area contributed by atoms with Crippen molar-refractivity contribution >= 4 is 5.97 Å². The highest BCUT2D eigenvalue weighted by molar-refractivity contribution is 5.65. The van der Waals surface area contributed by atoms with Crippen LogP contribution in [0.2, 0.25) is 0 Å². The van der Waals surface area contributed by atoms with Gasteiger partial charge in [-0.15, -0.1) is 0 Å². The lowest BCUT2D eigenvalue weighted by Crippen LogP contribution is -2.04. The molecule has 0 N–H and O–H groups in total. The molecule has 0 saturated heterocycles. The van der Waals surface area contributed by atoms with Gasteiger partial charge in [0.25, 0.3) is 0 Å². The van der Waals surface area contributed by atoms with Gasteiger partial charge in [-0.2, -0.15) is 0 Å². The predicted molar refractivity (Wildman–Crippen MR) is 94.6 cm³/mol. The van der Waals surface area contributed by atoms with E-state index in [2.05, 4.69) is 0 Å². The third kappa shape index (κ3) is 6.52. The molecule has 0 unspecified atom stereocenters. The van der Waals surface area contributed by atoms with Crippen LogP contribution in [0.3, 0.4) is 0 Å². The van der Waals surface area contributed by atoms with Gasteiger partial charge in [-0.25, -0.2) is 0 Å². The number of rotatable bonds is 5. The Bertz CT molecular complexity index is 633. The Morgan fingerprint density at radius 1 is 0.917 bits per heavy atom. The Kier molecular flexibility index (Phi) is 8.76. The van der Waals surface area contributed by atoms with Gasteiger partial charge in [0.1, 0.15) is 6.61 Å². The summed E-state index contributed by atoms with van der Waals surface area (Å²) in [6.07, 6.45) is -0.244. The summed E-state index contributed by atoms with van der Waals surface area (Å²) in [6, 6.07) is 15.9. The zero-order valence-electron chi connectivity index (χ0n) is 15.0. The normalized spacial score (nSPS) is 10.1. The first-order valence-electron chi connectivity index (χ1n) is 7.78. The average Bonchev–Trinajstić information content (AvgIpc) is 2.57. The number of ether oxygens (including phenoxy) is 3. The van der Waals surface area contributed by atoms with E-state index in [-0.39, 0.29) is 12.3 Å². The second-order valence-corrected chi connectivity index (χ2v) is 5.37. The van der Waals surface area contributed by atoms with Crippen LogP contribution in [-0.2, 0) is 25.6 Å². The summed E-state index contributed by atoms with van der Waals surface area (Å²) in [4.78, 5) is 10.5. The highest BCUT2D eigenvalue weighted by atomic mass is 16.7. The van der Waals surface area contributed by atoms with Crippen LogP contribution < -0.4 is 0 Å². The standard InChI is InChI=1S/C10H14O2.C10H12O2/c1-8-6-4-5-7-9(8)10(11-2)12-3;1-8-5-3-4-6-10(8)7-12-9(2)11/h4-7,10H,1-3H3;3-6H,7H2,1-2H3. The first kappa shape index (κ1) is 19.9. The summed E-state index contributed by atoms with van der Waals surface area (Å²) in [6.45, 7) is 5.83. The van der Waals surface area contributed by atoms with Crippen LogP contribution >= 0.6 is 0 Å². The van der Waals surface area contributed by atoms with Crippen molar-refractivity contribution in [2.45, 2.75) is 33.7 Å². The monoisotopic (exact) mass is 330 g/mol. The Hall–Kier alpha value is -2.17. The van der Waals surface area contributed by atoms with Crippen LogP contribution in [0.5, 0.6) is 0 Å². The lowest BCUT2D eigenvalue weighted by atomic mass is 10.1. The maximum atomic E-state index is 10.5. The Labute approximate surface area is 144 Å². The number of hydrogen-bond acceptors (Lipinski definition) is 4. The molecule has 0 atom stereocenters. The minimum Gasteiger partial charge on any atom is -0.461 e. The summed E-state index contributed by atoms with van der Waals surface area (Å²) in [5.41, 5.74) is 4.49. The Balaban J connectivity index is 0.000000240. The first-order chi connectivity index (χ1) is 11.5. The molecule has 0 amide bonds. The van der Waals surface area contributed by atoms with Crippen molar-refractivity contribution in [1.82, 2.24) is 0 Å². The molecule has 2 rings (SSSR count). The zero-order valence-corrected chi connectivity index (χ0v) is 15.0. The molecule has 0 bridgehead atoms. The van der Waals surface area contributed by atoms with Crippen molar-refractivity contribution in [3.8, 4) is 0 Å². The van der Waals surface area contributed by atoms with Crippen molar-refractivity contribution in [3.05, 3.63) is 70.8 Å². The lowest BCUT2D eigenvalue weighted by molar-refractivity contribution is -0.142. The third-order valence-corrected chi connectivity index (χ3v) is 3.56. The number of carbonyl (C=O) groups excluding carboxylic acids is 1.